The molecule has 0 aromatic heterocycles. The van der Waals surface area contributed by atoms with Gasteiger partial charge in [-0.3, -0.25) is 0 Å². The van der Waals surface area contributed by atoms with Crippen molar-refractivity contribution in [3.63, 3.8) is 0 Å². The Morgan fingerprint density at radius 1 is 1.06 bits per heavy atom. The molecule has 1 atom stereocenters. The molecule has 0 aliphatic heterocycles. The lowest BCUT2D eigenvalue weighted by molar-refractivity contribution is 0.0953. The Morgan fingerprint density at radius 2 is 1.72 bits per heavy atom. The molecule has 0 spiro atoms. The molecule has 0 fully saturated rings. The number of hydrogen-bond acceptors (Lipinski definition) is 1. The molecule has 1 aliphatic carbocycles. The number of hydrogen-bond donors (Lipinski definition) is 1. The predicted molar refractivity (Wildman–Crippen MR) is 76.3 cm³/mol. The Hall–Kier alpha value is -1.60. The van der Waals surface area contributed by atoms with Crippen LogP contribution in [0.2, 0.25) is 0 Å². The summed E-state index contributed by atoms with van der Waals surface area (Å²) in [6.07, 6.45) is 9.08. The van der Waals surface area contributed by atoms with Crippen molar-refractivity contribution >= 4 is 0 Å². The highest BCUT2D eigenvalue weighted by atomic mass is 16.3. The third-order valence-corrected chi connectivity index (χ3v) is 3.50. The fraction of sp³-hybridized carbons (Fsp3) is 0.294. The van der Waals surface area contributed by atoms with Crippen LogP contribution >= 0.6 is 0 Å². The number of allylic oxidation sites excluding steroid dienone is 5. The van der Waals surface area contributed by atoms with Crippen LogP contribution in [0.5, 0.6) is 0 Å². The first-order chi connectivity index (χ1) is 8.50. The summed E-state index contributed by atoms with van der Waals surface area (Å²) < 4.78 is 0. The molecule has 0 heterocycles. The molecule has 18 heavy (non-hydrogen) atoms. The third-order valence-electron chi connectivity index (χ3n) is 3.50. The molecule has 1 unspecified atom stereocenters. The molecular weight excluding hydrogens is 220 g/mol. The lowest BCUT2D eigenvalue weighted by Gasteiger charge is -2.26. The van der Waals surface area contributed by atoms with Gasteiger partial charge in [0.25, 0.3) is 0 Å². The van der Waals surface area contributed by atoms with Crippen LogP contribution in [-0.2, 0) is 5.60 Å². The third kappa shape index (κ3) is 2.62. The lowest BCUT2D eigenvalue weighted by Crippen LogP contribution is -2.23. The van der Waals surface area contributed by atoms with E-state index < -0.39 is 5.60 Å². The van der Waals surface area contributed by atoms with Gasteiger partial charge in [-0.05, 0) is 38.3 Å². The molecule has 0 saturated heterocycles. The molecule has 1 aromatic rings. The van der Waals surface area contributed by atoms with Crippen LogP contribution in [0.25, 0.3) is 0 Å². The summed E-state index contributed by atoms with van der Waals surface area (Å²) in [5.41, 5.74) is 3.49. The van der Waals surface area contributed by atoms with Gasteiger partial charge in [0.1, 0.15) is 5.60 Å². The highest BCUT2D eigenvalue weighted by Crippen LogP contribution is 2.32. The molecule has 1 aromatic carbocycles. The number of rotatable bonds is 2. The van der Waals surface area contributed by atoms with Crippen molar-refractivity contribution < 1.29 is 5.11 Å². The summed E-state index contributed by atoms with van der Waals surface area (Å²) in [7, 11) is 0. The fourth-order valence-corrected chi connectivity index (χ4v) is 2.15. The molecule has 94 valence electrons. The van der Waals surface area contributed by atoms with E-state index in [2.05, 4.69) is 32.1 Å². The van der Waals surface area contributed by atoms with Gasteiger partial charge >= 0.3 is 0 Å². The van der Waals surface area contributed by atoms with Crippen LogP contribution in [-0.4, -0.2) is 5.11 Å². The van der Waals surface area contributed by atoms with Crippen molar-refractivity contribution in [1.82, 2.24) is 0 Å². The van der Waals surface area contributed by atoms with Crippen LogP contribution in [0.15, 0.2) is 59.7 Å². The molecule has 0 bridgehead atoms. The van der Waals surface area contributed by atoms with Crippen molar-refractivity contribution in [3.8, 4) is 0 Å². The van der Waals surface area contributed by atoms with Gasteiger partial charge in [0, 0.05) is 0 Å². The quantitative estimate of drug-likeness (QED) is 0.827. The van der Waals surface area contributed by atoms with Crippen molar-refractivity contribution in [2.45, 2.75) is 32.8 Å². The zero-order valence-electron chi connectivity index (χ0n) is 11.3. The first kappa shape index (κ1) is 12.8. The van der Waals surface area contributed by atoms with Crippen molar-refractivity contribution in [2.24, 2.45) is 0 Å². The largest absolute Gasteiger partial charge is 0.381 e. The van der Waals surface area contributed by atoms with Gasteiger partial charge in [0.2, 0.25) is 0 Å². The summed E-state index contributed by atoms with van der Waals surface area (Å²) in [6.45, 7) is 5.99. The van der Waals surface area contributed by atoms with Crippen LogP contribution < -0.4 is 0 Å². The summed E-state index contributed by atoms with van der Waals surface area (Å²) in [4.78, 5) is 0. The Bertz CT molecular complexity index is 513. The van der Waals surface area contributed by atoms with E-state index in [1.165, 1.54) is 11.1 Å². The average molecular weight is 240 g/mol. The van der Waals surface area contributed by atoms with E-state index in [-0.39, 0.29) is 0 Å². The fourth-order valence-electron chi connectivity index (χ4n) is 2.15. The first-order valence-electron chi connectivity index (χ1n) is 6.34. The minimum atomic E-state index is -0.904. The normalized spacial score (nSPS) is 18.7. The molecule has 0 radical (unpaired) electrons. The van der Waals surface area contributed by atoms with Gasteiger partial charge in [-0.15, -0.1) is 0 Å². The van der Waals surface area contributed by atoms with Crippen LogP contribution in [0, 0.1) is 6.92 Å². The molecule has 1 aliphatic rings. The van der Waals surface area contributed by atoms with E-state index in [4.69, 9.17) is 0 Å². The lowest BCUT2D eigenvalue weighted by atomic mass is 9.85. The Kier molecular flexibility index (Phi) is 3.53. The summed E-state index contributed by atoms with van der Waals surface area (Å²) in [6, 6.07) is 8.08. The van der Waals surface area contributed by atoms with Gasteiger partial charge in [-0.2, -0.15) is 0 Å². The second-order valence-corrected chi connectivity index (χ2v) is 5.15. The van der Waals surface area contributed by atoms with E-state index in [0.717, 1.165) is 17.6 Å². The van der Waals surface area contributed by atoms with Crippen molar-refractivity contribution in [3.05, 3.63) is 70.8 Å². The van der Waals surface area contributed by atoms with Crippen LogP contribution in [0.3, 0.4) is 0 Å². The van der Waals surface area contributed by atoms with E-state index in [0.29, 0.717) is 0 Å². The maximum atomic E-state index is 10.8. The predicted octanol–water partition coefficient (Wildman–Crippen LogP) is 4.04. The minimum absolute atomic E-state index is 0.786. The van der Waals surface area contributed by atoms with E-state index in [1.807, 2.05) is 37.3 Å². The van der Waals surface area contributed by atoms with Gasteiger partial charge in [-0.25, -0.2) is 0 Å². The first-order valence-corrected chi connectivity index (χ1v) is 6.34. The van der Waals surface area contributed by atoms with E-state index in [9.17, 15) is 5.11 Å². The molecule has 1 N–H and O–H groups in total. The monoisotopic (exact) mass is 240 g/mol. The zero-order chi connectivity index (χ0) is 13.2. The SMILES string of the molecule is CC1=CC=C(C(C)(O)c2ccc(C)cc2)CC=C1. The Labute approximate surface area is 109 Å². The van der Waals surface area contributed by atoms with Crippen molar-refractivity contribution in [1.29, 1.82) is 0 Å². The summed E-state index contributed by atoms with van der Waals surface area (Å²) >= 11 is 0. The molecule has 0 amide bonds. The molecule has 2 rings (SSSR count). The topological polar surface area (TPSA) is 20.2 Å². The molecule has 1 heteroatoms. The highest BCUT2D eigenvalue weighted by Gasteiger charge is 2.27. The Morgan fingerprint density at radius 3 is 2.39 bits per heavy atom. The summed E-state index contributed by atoms with van der Waals surface area (Å²) in [5, 5.41) is 10.8. The number of aryl methyl sites for hydroxylation is 1. The van der Waals surface area contributed by atoms with Crippen LogP contribution in [0.1, 0.15) is 31.4 Å². The smallest absolute Gasteiger partial charge is 0.108 e. The van der Waals surface area contributed by atoms with E-state index >= 15 is 0 Å². The van der Waals surface area contributed by atoms with E-state index in [1.54, 1.807) is 0 Å². The average Bonchev–Trinajstić information content (AvgIpc) is 2.55. The molecule has 0 saturated carbocycles. The second kappa shape index (κ2) is 4.95. The molecular formula is C17H20O. The van der Waals surface area contributed by atoms with Crippen LogP contribution in [0.4, 0.5) is 0 Å². The maximum Gasteiger partial charge on any atom is 0.108 e. The number of benzene rings is 1. The Balaban J connectivity index is 2.36. The van der Waals surface area contributed by atoms with Gasteiger partial charge in [0.05, 0.1) is 0 Å². The highest BCUT2D eigenvalue weighted by molar-refractivity contribution is 5.39. The van der Waals surface area contributed by atoms with Gasteiger partial charge in [-0.1, -0.05) is 59.7 Å². The zero-order valence-corrected chi connectivity index (χ0v) is 11.3. The maximum absolute atomic E-state index is 10.8. The standard InChI is InChI=1S/C17H20O/c1-13-5-4-6-15(10-7-13)17(3,18)16-11-8-14(2)9-12-16/h4-5,7-12,18H,6H2,1-3H3. The molecule has 1 nitrogen and oxygen atoms in total. The van der Waals surface area contributed by atoms with Crippen molar-refractivity contribution in [2.75, 3.05) is 0 Å². The van der Waals surface area contributed by atoms with Gasteiger partial charge in [0.15, 0.2) is 0 Å². The number of aliphatic hydroxyl groups is 1. The summed E-state index contributed by atoms with van der Waals surface area (Å²) in [5.74, 6) is 0. The van der Waals surface area contributed by atoms with Gasteiger partial charge < -0.3 is 5.11 Å². The second-order valence-electron chi connectivity index (χ2n) is 5.15. The minimum Gasteiger partial charge on any atom is -0.381 e.